The lowest BCUT2D eigenvalue weighted by Crippen LogP contribution is -2.00. The lowest BCUT2D eigenvalue weighted by Gasteiger charge is -1.95. The molecule has 0 unspecified atom stereocenters. The Labute approximate surface area is 109 Å². The standard InChI is InChI=1S/C12H12N6O/c1-8-3-2-4-10(15-8)12-16-11(19-17-12)7-18-6-9(13)5-14-18/h2-6H,7,13H2,1H3. The molecule has 0 fully saturated rings. The molecule has 7 nitrogen and oxygen atoms in total. The van der Waals surface area contributed by atoms with Crippen molar-refractivity contribution in [1.29, 1.82) is 0 Å². The van der Waals surface area contributed by atoms with Crippen LogP contribution < -0.4 is 5.73 Å². The molecular formula is C12H12N6O. The van der Waals surface area contributed by atoms with Crippen molar-refractivity contribution in [3.63, 3.8) is 0 Å². The van der Waals surface area contributed by atoms with Crippen LogP contribution in [0.3, 0.4) is 0 Å². The zero-order valence-electron chi connectivity index (χ0n) is 10.3. The van der Waals surface area contributed by atoms with Crippen LogP contribution in [-0.4, -0.2) is 24.9 Å². The minimum Gasteiger partial charge on any atom is -0.396 e. The molecule has 0 radical (unpaired) electrons. The van der Waals surface area contributed by atoms with Gasteiger partial charge in [-0.1, -0.05) is 11.2 Å². The van der Waals surface area contributed by atoms with Gasteiger partial charge in [-0.2, -0.15) is 10.1 Å². The van der Waals surface area contributed by atoms with E-state index in [-0.39, 0.29) is 0 Å². The first kappa shape index (κ1) is 11.4. The van der Waals surface area contributed by atoms with Crippen LogP contribution in [0.15, 0.2) is 35.1 Å². The minimum atomic E-state index is 0.385. The third kappa shape index (κ3) is 2.44. The largest absolute Gasteiger partial charge is 0.396 e. The number of aromatic nitrogens is 5. The number of nitrogens with two attached hydrogens (primary N) is 1. The number of nitrogen functional groups attached to an aromatic ring is 1. The number of hydrogen-bond acceptors (Lipinski definition) is 6. The summed E-state index contributed by atoms with van der Waals surface area (Å²) in [7, 11) is 0. The molecule has 2 N–H and O–H groups in total. The van der Waals surface area contributed by atoms with Gasteiger partial charge in [-0.25, -0.2) is 4.98 Å². The summed E-state index contributed by atoms with van der Waals surface area (Å²) in [5, 5.41) is 7.96. The Morgan fingerprint density at radius 1 is 1.32 bits per heavy atom. The Morgan fingerprint density at radius 2 is 2.21 bits per heavy atom. The van der Waals surface area contributed by atoms with E-state index in [1.165, 1.54) is 0 Å². The maximum Gasteiger partial charge on any atom is 0.248 e. The molecule has 3 aromatic rings. The van der Waals surface area contributed by atoms with Crippen LogP contribution in [0.25, 0.3) is 11.5 Å². The van der Waals surface area contributed by atoms with Gasteiger partial charge in [-0.15, -0.1) is 0 Å². The molecule has 3 aromatic heterocycles. The molecule has 19 heavy (non-hydrogen) atoms. The molecule has 3 heterocycles. The van der Waals surface area contributed by atoms with Crippen LogP contribution in [-0.2, 0) is 6.54 Å². The zero-order chi connectivity index (χ0) is 13.2. The van der Waals surface area contributed by atoms with E-state index in [2.05, 4.69) is 20.2 Å². The molecular weight excluding hydrogens is 244 g/mol. The van der Waals surface area contributed by atoms with Crippen molar-refractivity contribution >= 4 is 5.69 Å². The van der Waals surface area contributed by atoms with Crippen LogP contribution >= 0.6 is 0 Å². The van der Waals surface area contributed by atoms with Gasteiger partial charge in [0.2, 0.25) is 11.7 Å². The molecule has 0 aliphatic carbocycles. The Hall–Kier alpha value is -2.70. The van der Waals surface area contributed by atoms with E-state index in [1.807, 2.05) is 25.1 Å². The minimum absolute atomic E-state index is 0.385. The second-order valence-corrected chi connectivity index (χ2v) is 4.15. The predicted octanol–water partition coefficient (Wildman–Crippen LogP) is 1.27. The highest BCUT2D eigenvalue weighted by molar-refractivity contribution is 5.47. The fourth-order valence-electron chi connectivity index (χ4n) is 1.70. The first-order chi connectivity index (χ1) is 9.20. The van der Waals surface area contributed by atoms with Gasteiger partial charge in [-0.05, 0) is 19.1 Å². The monoisotopic (exact) mass is 256 g/mol. The van der Waals surface area contributed by atoms with Crippen molar-refractivity contribution < 1.29 is 4.52 Å². The smallest absolute Gasteiger partial charge is 0.248 e. The van der Waals surface area contributed by atoms with E-state index < -0.39 is 0 Å². The molecule has 0 bridgehead atoms. The molecule has 0 atom stereocenters. The number of rotatable bonds is 3. The molecule has 0 saturated heterocycles. The Bertz CT molecular complexity index is 702. The lowest BCUT2D eigenvalue weighted by molar-refractivity contribution is 0.366. The van der Waals surface area contributed by atoms with Crippen LogP contribution in [0, 0.1) is 6.92 Å². The molecule has 0 aliphatic heterocycles. The first-order valence-electron chi connectivity index (χ1n) is 5.75. The summed E-state index contributed by atoms with van der Waals surface area (Å²) in [5.74, 6) is 0.931. The Balaban J connectivity index is 1.83. The third-order valence-electron chi connectivity index (χ3n) is 2.54. The van der Waals surface area contributed by atoms with Crippen molar-refractivity contribution in [1.82, 2.24) is 24.9 Å². The topological polar surface area (TPSA) is 95.7 Å². The maximum atomic E-state index is 5.59. The van der Waals surface area contributed by atoms with E-state index >= 15 is 0 Å². The van der Waals surface area contributed by atoms with Crippen LogP contribution in [0.2, 0.25) is 0 Å². The van der Waals surface area contributed by atoms with E-state index in [4.69, 9.17) is 10.3 Å². The van der Waals surface area contributed by atoms with E-state index in [0.717, 1.165) is 5.69 Å². The van der Waals surface area contributed by atoms with Gasteiger partial charge in [-0.3, -0.25) is 4.68 Å². The van der Waals surface area contributed by atoms with Crippen LogP contribution in [0.4, 0.5) is 5.69 Å². The van der Waals surface area contributed by atoms with Gasteiger partial charge in [0, 0.05) is 11.9 Å². The Kier molecular flexibility index (Phi) is 2.71. The number of anilines is 1. The van der Waals surface area contributed by atoms with E-state index in [9.17, 15) is 0 Å². The SMILES string of the molecule is Cc1cccc(-c2noc(Cn3cc(N)cn3)n2)n1. The summed E-state index contributed by atoms with van der Waals surface area (Å²) >= 11 is 0. The Morgan fingerprint density at radius 3 is 2.95 bits per heavy atom. The molecule has 0 saturated carbocycles. The van der Waals surface area contributed by atoms with Crippen molar-refractivity contribution in [3.05, 3.63) is 42.2 Å². The van der Waals surface area contributed by atoms with Gasteiger partial charge >= 0.3 is 0 Å². The quantitative estimate of drug-likeness (QED) is 0.758. The van der Waals surface area contributed by atoms with Crippen molar-refractivity contribution in [2.24, 2.45) is 0 Å². The molecule has 0 aliphatic rings. The highest BCUT2D eigenvalue weighted by Crippen LogP contribution is 2.14. The molecule has 0 spiro atoms. The molecule has 3 rings (SSSR count). The average molecular weight is 256 g/mol. The maximum absolute atomic E-state index is 5.59. The van der Waals surface area contributed by atoms with Crippen molar-refractivity contribution in [2.75, 3.05) is 5.73 Å². The zero-order valence-corrected chi connectivity index (χ0v) is 10.3. The first-order valence-corrected chi connectivity index (χ1v) is 5.75. The van der Waals surface area contributed by atoms with E-state index in [1.54, 1.807) is 17.1 Å². The predicted molar refractivity (Wildman–Crippen MR) is 68.0 cm³/mol. The number of pyridine rings is 1. The van der Waals surface area contributed by atoms with Crippen molar-refractivity contribution in [2.45, 2.75) is 13.5 Å². The molecule has 0 amide bonds. The van der Waals surface area contributed by atoms with Gasteiger partial charge < -0.3 is 10.3 Å². The van der Waals surface area contributed by atoms with E-state index in [0.29, 0.717) is 29.6 Å². The van der Waals surface area contributed by atoms with Gasteiger partial charge in [0.25, 0.3) is 0 Å². The summed E-state index contributed by atoms with van der Waals surface area (Å²) in [5.41, 5.74) is 7.78. The second-order valence-electron chi connectivity index (χ2n) is 4.15. The summed E-state index contributed by atoms with van der Waals surface area (Å²) in [6.07, 6.45) is 3.27. The van der Waals surface area contributed by atoms with Gasteiger partial charge in [0.15, 0.2) is 0 Å². The fourth-order valence-corrected chi connectivity index (χ4v) is 1.70. The summed E-state index contributed by atoms with van der Waals surface area (Å²) < 4.78 is 6.80. The van der Waals surface area contributed by atoms with Crippen molar-refractivity contribution in [3.8, 4) is 11.5 Å². The number of aryl methyl sites for hydroxylation is 1. The number of nitrogens with zero attached hydrogens (tertiary/aromatic N) is 5. The van der Waals surface area contributed by atoms with Crippen LogP contribution in [0.1, 0.15) is 11.6 Å². The third-order valence-corrected chi connectivity index (χ3v) is 2.54. The molecule has 7 heteroatoms. The summed E-state index contributed by atoms with van der Waals surface area (Å²) in [6.45, 7) is 2.30. The normalized spacial score (nSPS) is 10.8. The highest BCUT2D eigenvalue weighted by atomic mass is 16.5. The lowest BCUT2D eigenvalue weighted by atomic mass is 10.3. The summed E-state index contributed by atoms with van der Waals surface area (Å²) in [6, 6.07) is 5.66. The van der Waals surface area contributed by atoms with Gasteiger partial charge in [0.1, 0.15) is 12.2 Å². The van der Waals surface area contributed by atoms with Crippen LogP contribution in [0.5, 0.6) is 0 Å². The van der Waals surface area contributed by atoms with Gasteiger partial charge in [0.05, 0.1) is 11.9 Å². The number of hydrogen-bond donors (Lipinski definition) is 1. The summed E-state index contributed by atoms with van der Waals surface area (Å²) in [4.78, 5) is 8.62. The second kappa shape index (κ2) is 4.52. The fraction of sp³-hybridized carbons (Fsp3) is 0.167. The molecule has 96 valence electrons. The molecule has 0 aromatic carbocycles. The average Bonchev–Trinajstić information content (AvgIpc) is 2.99. The highest BCUT2D eigenvalue weighted by Gasteiger charge is 2.10.